The average molecular weight is 399 g/mol. The van der Waals surface area contributed by atoms with Crippen LogP contribution in [-0.2, 0) is 26.0 Å². The minimum atomic E-state index is -3.70. The average Bonchev–Trinajstić information content (AvgIpc) is 2.66. The largest absolute Gasteiger partial charge is 0.385 e. The second-order valence-electron chi connectivity index (χ2n) is 6.50. The smallest absolute Gasteiger partial charge is 0.238 e. The van der Waals surface area contributed by atoms with E-state index in [2.05, 4.69) is 15.2 Å². The number of sulfonamides is 1. The molecule has 1 aromatic carbocycles. The van der Waals surface area contributed by atoms with E-state index in [0.717, 1.165) is 57.1 Å². The number of hydrogen-bond acceptors (Lipinski definition) is 5. The molecule has 1 aliphatic heterocycles. The Morgan fingerprint density at radius 3 is 2.70 bits per heavy atom. The Labute approximate surface area is 161 Å². The third-order valence-corrected chi connectivity index (χ3v) is 5.39. The molecule has 1 aliphatic rings. The molecule has 0 aromatic heterocycles. The molecule has 1 heterocycles. The molecular formula is C18H30N4O4S. The van der Waals surface area contributed by atoms with Crippen molar-refractivity contribution in [2.24, 2.45) is 10.1 Å². The number of nitrogens with two attached hydrogens (primary N) is 1. The number of ether oxygens (including phenoxy) is 2. The van der Waals surface area contributed by atoms with Gasteiger partial charge in [0.05, 0.1) is 11.0 Å². The number of likely N-dealkylation sites (tertiary alicyclic amines) is 1. The fourth-order valence-electron chi connectivity index (χ4n) is 3.03. The summed E-state index contributed by atoms with van der Waals surface area (Å²) < 4.78 is 33.9. The lowest BCUT2D eigenvalue weighted by molar-refractivity contribution is 0.00989. The van der Waals surface area contributed by atoms with Gasteiger partial charge in [0, 0.05) is 47.0 Å². The number of rotatable bonds is 8. The lowest BCUT2D eigenvalue weighted by Gasteiger charge is -2.34. The summed E-state index contributed by atoms with van der Waals surface area (Å²) >= 11 is 0. The number of nitrogens with zero attached hydrogens (tertiary/aromatic N) is 2. The van der Waals surface area contributed by atoms with Gasteiger partial charge < -0.3 is 19.7 Å². The molecule has 2 rings (SSSR count). The topological polar surface area (TPSA) is 106 Å². The Bertz CT molecular complexity index is 716. The van der Waals surface area contributed by atoms with E-state index in [1.165, 1.54) is 6.07 Å². The van der Waals surface area contributed by atoms with Gasteiger partial charge in [-0.2, -0.15) is 0 Å². The molecule has 27 heavy (non-hydrogen) atoms. The molecule has 3 N–H and O–H groups in total. The number of benzene rings is 1. The third kappa shape index (κ3) is 7.10. The van der Waals surface area contributed by atoms with Gasteiger partial charge in [-0.15, -0.1) is 0 Å². The number of nitrogens with one attached hydrogen (secondary N) is 1. The van der Waals surface area contributed by atoms with Crippen LogP contribution in [-0.4, -0.2) is 65.8 Å². The van der Waals surface area contributed by atoms with Gasteiger partial charge in [0.15, 0.2) is 5.96 Å². The molecule has 0 spiro atoms. The first-order valence-corrected chi connectivity index (χ1v) is 10.7. The second-order valence-corrected chi connectivity index (χ2v) is 8.06. The molecule has 1 fully saturated rings. The summed E-state index contributed by atoms with van der Waals surface area (Å²) in [6, 6.07) is 6.61. The summed E-state index contributed by atoms with van der Waals surface area (Å²) in [6.45, 7) is 3.66. The summed E-state index contributed by atoms with van der Waals surface area (Å²) in [6.07, 6.45) is 3.10. The minimum Gasteiger partial charge on any atom is -0.385 e. The summed E-state index contributed by atoms with van der Waals surface area (Å²) in [5, 5.41) is 8.48. The fourth-order valence-corrected chi connectivity index (χ4v) is 3.62. The van der Waals surface area contributed by atoms with Gasteiger partial charge in [0.2, 0.25) is 10.0 Å². The quantitative estimate of drug-likeness (QED) is 0.383. The van der Waals surface area contributed by atoms with Crippen molar-refractivity contribution in [2.45, 2.75) is 36.8 Å². The lowest BCUT2D eigenvalue weighted by Crippen LogP contribution is -2.46. The van der Waals surface area contributed by atoms with E-state index in [0.29, 0.717) is 6.54 Å². The Morgan fingerprint density at radius 1 is 1.33 bits per heavy atom. The highest BCUT2D eigenvalue weighted by atomic mass is 32.2. The maximum atomic E-state index is 11.5. The molecule has 1 aromatic rings. The number of primary sulfonamides is 1. The van der Waals surface area contributed by atoms with E-state index >= 15 is 0 Å². The minimum absolute atomic E-state index is 0.114. The summed E-state index contributed by atoms with van der Waals surface area (Å²) in [7, 11) is -0.255. The van der Waals surface area contributed by atoms with Gasteiger partial charge in [-0.05, 0) is 37.0 Å². The first-order valence-electron chi connectivity index (χ1n) is 9.12. The van der Waals surface area contributed by atoms with Gasteiger partial charge in [0.25, 0.3) is 0 Å². The van der Waals surface area contributed by atoms with E-state index in [1.807, 2.05) is 6.07 Å². The van der Waals surface area contributed by atoms with Crippen molar-refractivity contribution in [3.63, 3.8) is 0 Å². The van der Waals surface area contributed by atoms with Crippen LogP contribution in [0.5, 0.6) is 0 Å². The van der Waals surface area contributed by atoms with Crippen LogP contribution >= 0.6 is 0 Å². The van der Waals surface area contributed by atoms with E-state index in [1.54, 1.807) is 26.3 Å². The molecule has 0 radical (unpaired) electrons. The number of aliphatic imine (C=N–C) groups is 1. The monoisotopic (exact) mass is 398 g/mol. The summed E-state index contributed by atoms with van der Waals surface area (Å²) in [5.74, 6) is 0.800. The van der Waals surface area contributed by atoms with Crippen LogP contribution in [0.3, 0.4) is 0 Å². The van der Waals surface area contributed by atoms with Gasteiger partial charge in [0.1, 0.15) is 0 Å². The highest BCUT2D eigenvalue weighted by molar-refractivity contribution is 7.89. The van der Waals surface area contributed by atoms with Gasteiger partial charge in [-0.1, -0.05) is 12.1 Å². The van der Waals surface area contributed by atoms with Crippen LogP contribution in [0.25, 0.3) is 0 Å². The SMILES string of the molecule is CN=C(NCc1cccc(S(N)(=O)=O)c1)N1CCC(OCCCOC)CC1. The first kappa shape index (κ1) is 21.6. The molecule has 0 atom stereocenters. The third-order valence-electron chi connectivity index (χ3n) is 4.48. The van der Waals surface area contributed by atoms with Gasteiger partial charge >= 0.3 is 0 Å². The van der Waals surface area contributed by atoms with Crippen molar-refractivity contribution in [1.29, 1.82) is 0 Å². The highest BCUT2D eigenvalue weighted by Crippen LogP contribution is 2.15. The lowest BCUT2D eigenvalue weighted by atomic mass is 10.1. The van der Waals surface area contributed by atoms with Crippen LogP contribution in [0.2, 0.25) is 0 Å². The van der Waals surface area contributed by atoms with Crippen LogP contribution in [0, 0.1) is 0 Å². The van der Waals surface area contributed by atoms with Crippen LogP contribution in [0.1, 0.15) is 24.8 Å². The van der Waals surface area contributed by atoms with Gasteiger partial charge in [-0.3, -0.25) is 4.99 Å². The molecule has 8 nitrogen and oxygen atoms in total. The zero-order valence-electron chi connectivity index (χ0n) is 16.1. The van der Waals surface area contributed by atoms with E-state index < -0.39 is 10.0 Å². The summed E-state index contributed by atoms with van der Waals surface area (Å²) in [5.41, 5.74) is 0.832. The van der Waals surface area contributed by atoms with E-state index in [4.69, 9.17) is 14.6 Å². The molecule has 0 amide bonds. The van der Waals surface area contributed by atoms with E-state index in [-0.39, 0.29) is 11.0 Å². The van der Waals surface area contributed by atoms with Crippen molar-refractivity contribution < 1.29 is 17.9 Å². The normalized spacial score (nSPS) is 16.6. The van der Waals surface area contributed by atoms with Crippen molar-refractivity contribution in [3.05, 3.63) is 29.8 Å². The van der Waals surface area contributed by atoms with Crippen LogP contribution < -0.4 is 10.5 Å². The zero-order chi connectivity index (χ0) is 19.7. The van der Waals surface area contributed by atoms with Crippen molar-refractivity contribution in [3.8, 4) is 0 Å². The van der Waals surface area contributed by atoms with Gasteiger partial charge in [-0.25, -0.2) is 13.6 Å². The Balaban J connectivity index is 1.81. The fraction of sp³-hybridized carbons (Fsp3) is 0.611. The summed E-state index contributed by atoms with van der Waals surface area (Å²) in [4.78, 5) is 6.65. The molecule has 9 heteroatoms. The Morgan fingerprint density at radius 2 is 2.07 bits per heavy atom. The Kier molecular flexibility index (Phi) is 8.49. The number of guanidine groups is 1. The second kappa shape index (κ2) is 10.6. The Hall–Kier alpha value is -1.68. The molecular weight excluding hydrogens is 368 g/mol. The van der Waals surface area contributed by atoms with Crippen molar-refractivity contribution in [2.75, 3.05) is 40.5 Å². The highest BCUT2D eigenvalue weighted by Gasteiger charge is 2.21. The van der Waals surface area contributed by atoms with Crippen LogP contribution in [0.15, 0.2) is 34.2 Å². The van der Waals surface area contributed by atoms with Crippen molar-refractivity contribution >= 4 is 16.0 Å². The van der Waals surface area contributed by atoms with Crippen molar-refractivity contribution in [1.82, 2.24) is 10.2 Å². The molecule has 0 unspecified atom stereocenters. The molecule has 0 bridgehead atoms. The predicted octanol–water partition coefficient (Wildman–Crippen LogP) is 0.927. The maximum Gasteiger partial charge on any atom is 0.238 e. The van der Waals surface area contributed by atoms with E-state index in [9.17, 15) is 8.42 Å². The number of piperidine rings is 1. The molecule has 0 saturated carbocycles. The van der Waals surface area contributed by atoms with Crippen LogP contribution in [0.4, 0.5) is 0 Å². The zero-order valence-corrected chi connectivity index (χ0v) is 16.9. The number of methoxy groups -OCH3 is 1. The maximum absolute atomic E-state index is 11.5. The predicted molar refractivity (Wildman–Crippen MR) is 105 cm³/mol. The first-order chi connectivity index (χ1) is 12.9. The molecule has 152 valence electrons. The molecule has 1 saturated heterocycles. The standard InChI is InChI=1S/C18H30N4O4S/c1-20-18(21-14-15-5-3-6-17(13-15)27(19,23)24)22-9-7-16(8-10-22)26-12-4-11-25-2/h3,5-6,13,16H,4,7-12,14H2,1-2H3,(H,20,21)(H2,19,23,24). The molecule has 0 aliphatic carbocycles. The number of hydrogen-bond donors (Lipinski definition) is 2.